The summed E-state index contributed by atoms with van der Waals surface area (Å²) in [6, 6.07) is 4.06. The van der Waals surface area contributed by atoms with Gasteiger partial charge in [-0.3, -0.25) is 9.80 Å². The Labute approximate surface area is 143 Å². The number of furan rings is 1. The summed E-state index contributed by atoms with van der Waals surface area (Å²) in [7, 11) is 0. The van der Waals surface area contributed by atoms with Crippen LogP contribution in [-0.2, 0) is 13.1 Å². The summed E-state index contributed by atoms with van der Waals surface area (Å²) >= 11 is 0. The van der Waals surface area contributed by atoms with E-state index in [9.17, 15) is 0 Å². The van der Waals surface area contributed by atoms with Gasteiger partial charge >= 0.3 is 0 Å². The fourth-order valence-corrected chi connectivity index (χ4v) is 4.52. The molecule has 2 aromatic heterocycles. The van der Waals surface area contributed by atoms with Gasteiger partial charge in [-0.2, -0.15) is 0 Å². The molecular weight excluding hydrogens is 302 g/mol. The smallest absolute Gasteiger partial charge is 0.138 e. The number of hydrogen-bond acceptors (Lipinski definition) is 5. The Morgan fingerprint density at radius 3 is 2.67 bits per heavy atom. The summed E-state index contributed by atoms with van der Waals surface area (Å²) in [5.74, 6) is 2.05. The lowest BCUT2D eigenvalue weighted by Crippen LogP contribution is -2.44. The van der Waals surface area contributed by atoms with E-state index >= 15 is 0 Å². The van der Waals surface area contributed by atoms with Crippen LogP contribution >= 0.6 is 0 Å². The monoisotopic (exact) mass is 329 g/mol. The van der Waals surface area contributed by atoms with Gasteiger partial charge in [-0.15, -0.1) is 0 Å². The largest absolute Gasteiger partial charge is 0.468 e. The zero-order chi connectivity index (χ0) is 16.6. The van der Waals surface area contributed by atoms with Crippen LogP contribution < -0.4 is 0 Å². The minimum atomic E-state index is 0.448. The van der Waals surface area contributed by atoms with Crippen molar-refractivity contribution in [1.82, 2.24) is 15.0 Å². The van der Waals surface area contributed by atoms with Crippen LogP contribution in [0.25, 0.3) is 0 Å². The second-order valence-electron chi connectivity index (χ2n) is 7.66. The average Bonchev–Trinajstić information content (AvgIpc) is 3.27. The van der Waals surface area contributed by atoms with Gasteiger partial charge in [0.1, 0.15) is 11.5 Å². The predicted octanol–water partition coefficient (Wildman–Crippen LogP) is 3.37. The molecule has 1 spiro atoms. The Morgan fingerprint density at radius 2 is 1.96 bits per heavy atom. The highest BCUT2D eigenvalue weighted by atomic mass is 16.5. The summed E-state index contributed by atoms with van der Waals surface area (Å²) in [4.78, 5) is 5.16. The highest BCUT2D eigenvalue weighted by molar-refractivity contribution is 5.20. The molecule has 5 heteroatoms. The van der Waals surface area contributed by atoms with Crippen molar-refractivity contribution in [2.45, 2.75) is 46.2 Å². The fourth-order valence-electron chi connectivity index (χ4n) is 4.52. The van der Waals surface area contributed by atoms with E-state index in [2.05, 4.69) is 21.0 Å². The number of nitrogens with zero attached hydrogens (tertiary/aromatic N) is 3. The van der Waals surface area contributed by atoms with Crippen molar-refractivity contribution < 1.29 is 8.94 Å². The molecule has 0 N–H and O–H groups in total. The highest BCUT2D eigenvalue weighted by Crippen LogP contribution is 2.40. The van der Waals surface area contributed by atoms with Crippen LogP contribution in [0.15, 0.2) is 27.3 Å². The molecule has 4 heterocycles. The van der Waals surface area contributed by atoms with Gasteiger partial charge in [0.25, 0.3) is 0 Å². The maximum Gasteiger partial charge on any atom is 0.138 e. The fraction of sp³-hybridized carbons (Fsp3) is 0.632. The molecule has 0 aliphatic carbocycles. The molecule has 2 aliphatic heterocycles. The van der Waals surface area contributed by atoms with Crippen LogP contribution in [0, 0.1) is 19.3 Å². The van der Waals surface area contributed by atoms with Crippen molar-refractivity contribution in [2.75, 3.05) is 26.2 Å². The van der Waals surface area contributed by atoms with Gasteiger partial charge in [-0.05, 0) is 63.7 Å². The molecule has 0 bridgehead atoms. The van der Waals surface area contributed by atoms with E-state index < -0.39 is 0 Å². The first-order valence-corrected chi connectivity index (χ1v) is 9.02. The Kier molecular flexibility index (Phi) is 4.22. The van der Waals surface area contributed by atoms with Gasteiger partial charge in [0.05, 0.1) is 18.5 Å². The van der Waals surface area contributed by atoms with Crippen molar-refractivity contribution in [3.8, 4) is 0 Å². The third-order valence-electron chi connectivity index (χ3n) is 5.78. The second-order valence-corrected chi connectivity index (χ2v) is 7.66. The lowest BCUT2D eigenvalue weighted by Gasteiger charge is -2.40. The Hall–Kier alpha value is -1.59. The molecule has 2 aromatic rings. The first-order valence-electron chi connectivity index (χ1n) is 9.02. The van der Waals surface area contributed by atoms with Gasteiger partial charge < -0.3 is 8.94 Å². The van der Waals surface area contributed by atoms with Crippen molar-refractivity contribution >= 4 is 0 Å². The number of hydrogen-bond donors (Lipinski definition) is 0. The number of piperidine rings is 1. The van der Waals surface area contributed by atoms with Crippen molar-refractivity contribution in [2.24, 2.45) is 5.41 Å². The third-order valence-corrected chi connectivity index (χ3v) is 5.78. The Balaban J connectivity index is 1.39. The normalized spacial score (nSPS) is 25.8. The molecule has 0 saturated carbocycles. The highest BCUT2D eigenvalue weighted by Gasteiger charge is 2.41. The minimum Gasteiger partial charge on any atom is -0.468 e. The third kappa shape index (κ3) is 3.15. The molecule has 0 amide bonds. The summed E-state index contributed by atoms with van der Waals surface area (Å²) in [5.41, 5.74) is 2.76. The van der Waals surface area contributed by atoms with Gasteiger partial charge in [0, 0.05) is 25.2 Å². The molecule has 1 unspecified atom stereocenters. The lowest BCUT2D eigenvalue weighted by molar-refractivity contribution is 0.0853. The number of aryl methyl sites for hydroxylation is 2. The first-order chi connectivity index (χ1) is 11.6. The van der Waals surface area contributed by atoms with Crippen molar-refractivity contribution in [3.63, 3.8) is 0 Å². The molecule has 1 atom stereocenters. The Bertz CT molecular complexity index is 659. The number of rotatable bonds is 4. The summed E-state index contributed by atoms with van der Waals surface area (Å²) in [6.45, 7) is 10.7. The SMILES string of the molecule is Cc1noc(C)c1CN1CCCC2(CCN(Cc3ccco3)C2)C1. The molecule has 130 valence electrons. The second kappa shape index (κ2) is 6.37. The maximum absolute atomic E-state index is 5.52. The van der Waals surface area contributed by atoms with Crippen LogP contribution in [-0.4, -0.2) is 41.1 Å². The van der Waals surface area contributed by atoms with Crippen LogP contribution in [0.1, 0.15) is 42.0 Å². The van der Waals surface area contributed by atoms with E-state index in [1.807, 2.05) is 19.9 Å². The van der Waals surface area contributed by atoms with Crippen LogP contribution in [0.2, 0.25) is 0 Å². The van der Waals surface area contributed by atoms with Crippen molar-refractivity contribution in [3.05, 3.63) is 41.2 Å². The van der Waals surface area contributed by atoms with E-state index in [1.54, 1.807) is 6.26 Å². The molecule has 4 rings (SSSR count). The van der Waals surface area contributed by atoms with Gasteiger partial charge in [-0.1, -0.05) is 5.16 Å². The van der Waals surface area contributed by atoms with E-state index in [4.69, 9.17) is 8.94 Å². The van der Waals surface area contributed by atoms with Gasteiger partial charge in [-0.25, -0.2) is 0 Å². The standard InChI is InChI=1S/C19H27N3O2/c1-15-18(16(2)24-20-15)12-21-8-4-6-19(13-21)7-9-22(14-19)11-17-5-3-10-23-17/h3,5,10H,4,6-9,11-14H2,1-2H3. The molecular formula is C19H27N3O2. The van der Waals surface area contributed by atoms with Crippen LogP contribution in [0.5, 0.6) is 0 Å². The van der Waals surface area contributed by atoms with Gasteiger partial charge in [0.15, 0.2) is 0 Å². The molecule has 0 aromatic carbocycles. The maximum atomic E-state index is 5.52. The molecule has 5 nitrogen and oxygen atoms in total. The van der Waals surface area contributed by atoms with Gasteiger partial charge in [0.2, 0.25) is 0 Å². The summed E-state index contributed by atoms with van der Waals surface area (Å²) < 4.78 is 10.9. The number of likely N-dealkylation sites (tertiary alicyclic amines) is 2. The average molecular weight is 329 g/mol. The number of aromatic nitrogens is 1. The quantitative estimate of drug-likeness (QED) is 0.860. The zero-order valence-electron chi connectivity index (χ0n) is 14.8. The van der Waals surface area contributed by atoms with E-state index in [1.165, 1.54) is 51.0 Å². The van der Waals surface area contributed by atoms with Crippen LogP contribution in [0.3, 0.4) is 0 Å². The lowest BCUT2D eigenvalue weighted by atomic mass is 9.79. The molecule has 0 radical (unpaired) electrons. The summed E-state index contributed by atoms with van der Waals surface area (Å²) in [5, 5.41) is 4.10. The van der Waals surface area contributed by atoms with E-state index in [0.29, 0.717) is 5.41 Å². The zero-order valence-corrected chi connectivity index (χ0v) is 14.8. The summed E-state index contributed by atoms with van der Waals surface area (Å²) in [6.07, 6.45) is 5.71. The molecule has 2 saturated heterocycles. The molecule has 24 heavy (non-hydrogen) atoms. The minimum absolute atomic E-state index is 0.448. The topological polar surface area (TPSA) is 45.7 Å². The van der Waals surface area contributed by atoms with Crippen molar-refractivity contribution in [1.29, 1.82) is 0 Å². The molecule has 2 aliphatic rings. The first kappa shape index (κ1) is 15.9. The van der Waals surface area contributed by atoms with E-state index in [0.717, 1.165) is 30.3 Å². The Morgan fingerprint density at radius 1 is 1.12 bits per heavy atom. The van der Waals surface area contributed by atoms with Crippen LogP contribution in [0.4, 0.5) is 0 Å². The predicted molar refractivity (Wildman–Crippen MR) is 91.5 cm³/mol. The van der Waals surface area contributed by atoms with E-state index in [-0.39, 0.29) is 0 Å². The molecule has 2 fully saturated rings.